The van der Waals surface area contributed by atoms with Crippen LogP contribution in [0.5, 0.6) is 0 Å². The summed E-state index contributed by atoms with van der Waals surface area (Å²) < 4.78 is 5.49. The first-order valence-corrected chi connectivity index (χ1v) is 7.51. The number of rotatable bonds is 3. The Kier molecular flexibility index (Phi) is 3.64. The van der Waals surface area contributed by atoms with Crippen molar-refractivity contribution >= 4 is 23.5 Å². The normalized spacial score (nSPS) is 21.0. The van der Waals surface area contributed by atoms with Crippen molar-refractivity contribution < 1.29 is 14.0 Å². The van der Waals surface area contributed by atoms with E-state index in [2.05, 4.69) is 10.3 Å². The van der Waals surface area contributed by atoms with Gasteiger partial charge in [-0.25, -0.2) is 4.79 Å². The second-order valence-electron chi connectivity index (χ2n) is 5.74. The van der Waals surface area contributed by atoms with Gasteiger partial charge in [0.05, 0.1) is 17.3 Å². The third-order valence-corrected chi connectivity index (χ3v) is 4.19. The SMILES string of the molecule is Cc1cc([C@]2(C)NC(=O)N(Cc3ccc(Cl)cn3)C2=O)c(C)o1. The molecule has 6 nitrogen and oxygen atoms in total. The van der Waals surface area contributed by atoms with Gasteiger partial charge in [0.1, 0.15) is 17.1 Å². The van der Waals surface area contributed by atoms with E-state index in [0.29, 0.717) is 27.8 Å². The highest BCUT2D eigenvalue weighted by molar-refractivity contribution is 6.30. The molecule has 7 heteroatoms. The summed E-state index contributed by atoms with van der Waals surface area (Å²) in [6, 6.07) is 4.68. The van der Waals surface area contributed by atoms with E-state index in [0.717, 1.165) is 4.90 Å². The number of furan rings is 1. The molecule has 2 aromatic rings. The predicted octanol–water partition coefficient (Wildman–Crippen LogP) is 2.91. The van der Waals surface area contributed by atoms with Crippen LogP contribution in [0.4, 0.5) is 4.79 Å². The summed E-state index contributed by atoms with van der Waals surface area (Å²) in [5.74, 6) is 0.979. The van der Waals surface area contributed by atoms with Crippen LogP contribution in [0, 0.1) is 13.8 Å². The molecule has 1 saturated heterocycles. The summed E-state index contributed by atoms with van der Waals surface area (Å²) in [7, 11) is 0. The summed E-state index contributed by atoms with van der Waals surface area (Å²) in [6.07, 6.45) is 1.48. The first-order valence-electron chi connectivity index (χ1n) is 7.13. The van der Waals surface area contributed by atoms with Gasteiger partial charge in [-0.15, -0.1) is 0 Å². The molecule has 0 unspecified atom stereocenters. The number of hydrogen-bond donors (Lipinski definition) is 1. The second kappa shape index (κ2) is 5.38. The van der Waals surface area contributed by atoms with Crippen molar-refractivity contribution in [3.05, 3.63) is 52.2 Å². The lowest BCUT2D eigenvalue weighted by Gasteiger charge is -2.21. The number of carbonyl (C=O) groups excluding carboxylic acids is 2. The van der Waals surface area contributed by atoms with Gasteiger partial charge in [-0.2, -0.15) is 0 Å². The standard InChI is InChI=1S/C16H16ClN3O3/c1-9-6-13(10(2)23-9)16(3)14(21)20(15(22)19-16)8-12-5-4-11(17)7-18-12/h4-7H,8H2,1-3H3,(H,19,22)/t16-/m0/s1. The fourth-order valence-electron chi connectivity index (χ4n) is 2.81. The Balaban J connectivity index is 1.90. The Morgan fingerprint density at radius 1 is 1.35 bits per heavy atom. The summed E-state index contributed by atoms with van der Waals surface area (Å²) in [5.41, 5.74) is 0.118. The Hall–Kier alpha value is -2.34. The average molecular weight is 334 g/mol. The van der Waals surface area contributed by atoms with Crippen molar-refractivity contribution in [1.29, 1.82) is 0 Å². The fourth-order valence-corrected chi connectivity index (χ4v) is 2.92. The number of nitrogens with zero attached hydrogens (tertiary/aromatic N) is 2. The first-order chi connectivity index (χ1) is 10.8. The average Bonchev–Trinajstić information content (AvgIpc) is 2.94. The molecule has 1 atom stereocenters. The minimum Gasteiger partial charge on any atom is -0.466 e. The van der Waals surface area contributed by atoms with Gasteiger partial charge in [0.2, 0.25) is 0 Å². The molecule has 120 valence electrons. The summed E-state index contributed by atoms with van der Waals surface area (Å²) in [5, 5.41) is 3.26. The van der Waals surface area contributed by atoms with Crippen molar-refractivity contribution in [2.24, 2.45) is 0 Å². The molecular formula is C16H16ClN3O3. The van der Waals surface area contributed by atoms with E-state index in [1.807, 2.05) is 0 Å². The van der Waals surface area contributed by atoms with E-state index < -0.39 is 11.6 Å². The quantitative estimate of drug-likeness (QED) is 0.876. The van der Waals surface area contributed by atoms with E-state index >= 15 is 0 Å². The molecule has 1 fully saturated rings. The van der Waals surface area contributed by atoms with E-state index in [1.165, 1.54) is 6.20 Å². The maximum absolute atomic E-state index is 12.8. The molecule has 0 saturated carbocycles. The van der Waals surface area contributed by atoms with Crippen LogP contribution in [-0.4, -0.2) is 21.8 Å². The van der Waals surface area contributed by atoms with Gasteiger partial charge in [0, 0.05) is 11.8 Å². The number of aromatic nitrogens is 1. The molecule has 3 heterocycles. The lowest BCUT2D eigenvalue weighted by molar-refractivity contribution is -0.131. The highest BCUT2D eigenvalue weighted by Gasteiger charge is 2.50. The molecular weight excluding hydrogens is 318 g/mol. The molecule has 1 N–H and O–H groups in total. The van der Waals surface area contributed by atoms with Crippen LogP contribution in [0.2, 0.25) is 5.02 Å². The number of halogens is 1. The molecule has 0 aromatic carbocycles. The van der Waals surface area contributed by atoms with Crippen molar-refractivity contribution in [3.63, 3.8) is 0 Å². The molecule has 1 aliphatic rings. The minimum atomic E-state index is -1.13. The molecule has 2 aromatic heterocycles. The van der Waals surface area contributed by atoms with Gasteiger partial charge in [-0.3, -0.25) is 14.7 Å². The topological polar surface area (TPSA) is 75.4 Å². The van der Waals surface area contributed by atoms with Gasteiger partial charge in [0.25, 0.3) is 5.91 Å². The summed E-state index contributed by atoms with van der Waals surface area (Å²) in [6.45, 7) is 5.35. The Labute approximate surface area is 138 Å². The zero-order valence-corrected chi connectivity index (χ0v) is 13.8. The van der Waals surface area contributed by atoms with E-state index in [1.54, 1.807) is 39.0 Å². The Morgan fingerprint density at radius 2 is 2.09 bits per heavy atom. The number of hydrogen-bond acceptors (Lipinski definition) is 4. The monoisotopic (exact) mass is 333 g/mol. The van der Waals surface area contributed by atoms with E-state index in [-0.39, 0.29) is 12.5 Å². The predicted molar refractivity (Wildman–Crippen MR) is 83.9 cm³/mol. The molecule has 0 spiro atoms. The lowest BCUT2D eigenvalue weighted by atomic mass is 9.92. The van der Waals surface area contributed by atoms with Crippen LogP contribution in [0.25, 0.3) is 0 Å². The van der Waals surface area contributed by atoms with Gasteiger partial charge in [0.15, 0.2) is 0 Å². The Morgan fingerprint density at radius 3 is 2.65 bits per heavy atom. The number of aryl methyl sites for hydroxylation is 2. The smallest absolute Gasteiger partial charge is 0.325 e. The molecule has 0 aliphatic carbocycles. The van der Waals surface area contributed by atoms with Gasteiger partial charge < -0.3 is 9.73 Å². The van der Waals surface area contributed by atoms with Crippen LogP contribution in [-0.2, 0) is 16.9 Å². The number of imide groups is 1. The van der Waals surface area contributed by atoms with Gasteiger partial charge in [-0.05, 0) is 39.0 Å². The van der Waals surface area contributed by atoms with Crippen LogP contribution >= 0.6 is 11.6 Å². The van der Waals surface area contributed by atoms with Crippen LogP contribution in [0.15, 0.2) is 28.8 Å². The fraction of sp³-hybridized carbons (Fsp3) is 0.312. The molecule has 0 radical (unpaired) electrons. The zero-order valence-electron chi connectivity index (χ0n) is 13.0. The Bertz CT molecular complexity index is 784. The van der Waals surface area contributed by atoms with Crippen molar-refractivity contribution in [2.45, 2.75) is 32.9 Å². The summed E-state index contributed by atoms with van der Waals surface area (Å²) >= 11 is 5.80. The van der Waals surface area contributed by atoms with Crippen LogP contribution in [0.3, 0.4) is 0 Å². The zero-order chi connectivity index (χ0) is 16.8. The third kappa shape index (κ3) is 2.59. The number of urea groups is 1. The molecule has 3 amide bonds. The van der Waals surface area contributed by atoms with Crippen molar-refractivity contribution in [2.75, 3.05) is 0 Å². The van der Waals surface area contributed by atoms with Crippen molar-refractivity contribution in [3.8, 4) is 0 Å². The van der Waals surface area contributed by atoms with Gasteiger partial charge in [-0.1, -0.05) is 11.6 Å². The molecule has 23 heavy (non-hydrogen) atoms. The van der Waals surface area contributed by atoms with E-state index in [4.69, 9.17) is 16.0 Å². The third-order valence-electron chi connectivity index (χ3n) is 3.96. The number of pyridine rings is 1. The van der Waals surface area contributed by atoms with Crippen molar-refractivity contribution in [1.82, 2.24) is 15.2 Å². The molecule has 1 aliphatic heterocycles. The van der Waals surface area contributed by atoms with Gasteiger partial charge >= 0.3 is 6.03 Å². The summed E-state index contributed by atoms with van der Waals surface area (Å²) in [4.78, 5) is 30.4. The van der Waals surface area contributed by atoms with E-state index in [9.17, 15) is 9.59 Å². The highest BCUT2D eigenvalue weighted by atomic mass is 35.5. The second-order valence-corrected chi connectivity index (χ2v) is 6.18. The highest BCUT2D eigenvalue weighted by Crippen LogP contribution is 2.33. The maximum atomic E-state index is 12.8. The van der Waals surface area contributed by atoms with Crippen LogP contribution in [0.1, 0.15) is 29.7 Å². The maximum Gasteiger partial charge on any atom is 0.325 e. The molecule has 0 bridgehead atoms. The minimum absolute atomic E-state index is 0.0906. The lowest BCUT2D eigenvalue weighted by Crippen LogP contribution is -2.41. The molecule has 3 rings (SSSR count). The largest absolute Gasteiger partial charge is 0.466 e. The number of amides is 3. The first kappa shape index (κ1) is 15.6. The number of nitrogens with one attached hydrogen (secondary N) is 1. The van der Waals surface area contributed by atoms with Crippen LogP contribution < -0.4 is 5.32 Å². The number of carbonyl (C=O) groups is 2.